The van der Waals surface area contributed by atoms with Crippen LogP contribution in [-0.2, 0) is 9.59 Å². The maximum atomic E-state index is 12.4. The minimum absolute atomic E-state index is 0.00266. The molecule has 1 aromatic rings. The van der Waals surface area contributed by atoms with E-state index >= 15 is 0 Å². The molecule has 1 amide bonds. The number of benzene rings is 1. The molecule has 1 rings (SSSR count). The number of carbonyl (C=O) groups excluding carboxylic acids is 1. The van der Waals surface area contributed by atoms with Crippen molar-refractivity contribution in [2.24, 2.45) is 5.92 Å². The Labute approximate surface area is 138 Å². The van der Waals surface area contributed by atoms with Crippen LogP contribution >= 0.6 is 0 Å². The molecule has 1 unspecified atom stereocenters. The first-order valence-corrected chi connectivity index (χ1v) is 8.09. The zero-order valence-electron chi connectivity index (χ0n) is 14.5. The summed E-state index contributed by atoms with van der Waals surface area (Å²) in [4.78, 5) is 24.9. The number of carboxylic acid groups (broad SMARTS) is 1. The van der Waals surface area contributed by atoms with Crippen LogP contribution in [0.1, 0.15) is 45.7 Å². The molecule has 5 nitrogen and oxygen atoms in total. The lowest BCUT2D eigenvalue weighted by Gasteiger charge is -2.26. The molecule has 23 heavy (non-hydrogen) atoms. The van der Waals surface area contributed by atoms with Crippen LogP contribution in [0.2, 0.25) is 0 Å². The number of amides is 1. The van der Waals surface area contributed by atoms with E-state index in [0.29, 0.717) is 5.92 Å². The van der Waals surface area contributed by atoms with Crippen molar-refractivity contribution < 1.29 is 14.7 Å². The van der Waals surface area contributed by atoms with Gasteiger partial charge in [-0.05, 0) is 31.7 Å². The molecule has 0 spiro atoms. The predicted molar refractivity (Wildman–Crippen MR) is 91.1 cm³/mol. The highest BCUT2D eigenvalue weighted by Gasteiger charge is 2.20. The summed E-state index contributed by atoms with van der Waals surface area (Å²) in [6.45, 7) is 7.97. The minimum Gasteiger partial charge on any atom is -0.480 e. The number of carboxylic acids is 1. The van der Waals surface area contributed by atoms with Gasteiger partial charge >= 0.3 is 5.97 Å². The smallest absolute Gasteiger partial charge is 0.317 e. The molecule has 0 aliphatic carbocycles. The van der Waals surface area contributed by atoms with Gasteiger partial charge in [0.25, 0.3) is 0 Å². The number of carbonyl (C=O) groups is 2. The molecule has 0 aliphatic rings. The van der Waals surface area contributed by atoms with Crippen molar-refractivity contribution in [3.05, 3.63) is 35.9 Å². The fourth-order valence-electron chi connectivity index (χ4n) is 2.45. The zero-order chi connectivity index (χ0) is 17.4. The first-order valence-electron chi connectivity index (χ1n) is 8.09. The maximum absolute atomic E-state index is 12.4. The van der Waals surface area contributed by atoms with E-state index in [2.05, 4.69) is 19.2 Å². The summed E-state index contributed by atoms with van der Waals surface area (Å²) >= 11 is 0. The standard InChI is InChI=1S/C18H28N2O3/c1-13(2)10-16(15-8-6-5-7-9-15)19-17(21)11-20(14(3)4)12-18(22)23/h5-9,13-14,16H,10-12H2,1-4H3,(H,19,21)(H,22,23). The van der Waals surface area contributed by atoms with Gasteiger partial charge in [-0.25, -0.2) is 0 Å². The summed E-state index contributed by atoms with van der Waals surface area (Å²) in [7, 11) is 0. The summed E-state index contributed by atoms with van der Waals surface area (Å²) in [6.07, 6.45) is 0.844. The Morgan fingerprint density at radius 3 is 2.17 bits per heavy atom. The molecule has 2 N–H and O–H groups in total. The largest absolute Gasteiger partial charge is 0.480 e. The highest BCUT2D eigenvalue weighted by molar-refractivity contribution is 5.79. The average Bonchev–Trinajstić information content (AvgIpc) is 2.45. The van der Waals surface area contributed by atoms with Crippen LogP contribution in [0.4, 0.5) is 0 Å². The lowest BCUT2D eigenvalue weighted by atomic mass is 9.97. The van der Waals surface area contributed by atoms with Crippen LogP contribution < -0.4 is 5.32 Å². The second-order valence-electron chi connectivity index (χ2n) is 6.55. The molecule has 128 valence electrons. The van der Waals surface area contributed by atoms with Crippen molar-refractivity contribution in [3.8, 4) is 0 Å². The SMILES string of the molecule is CC(C)CC(NC(=O)CN(CC(=O)O)C(C)C)c1ccccc1. The van der Waals surface area contributed by atoms with Crippen molar-refractivity contribution in [3.63, 3.8) is 0 Å². The van der Waals surface area contributed by atoms with Gasteiger partial charge in [-0.15, -0.1) is 0 Å². The fraction of sp³-hybridized carbons (Fsp3) is 0.556. The third-order valence-corrected chi connectivity index (χ3v) is 3.66. The quantitative estimate of drug-likeness (QED) is 0.734. The summed E-state index contributed by atoms with van der Waals surface area (Å²) in [5, 5.41) is 12.0. The molecule has 0 saturated heterocycles. The molecular formula is C18H28N2O3. The van der Waals surface area contributed by atoms with Crippen LogP contribution in [-0.4, -0.2) is 41.0 Å². The van der Waals surface area contributed by atoms with E-state index in [1.165, 1.54) is 0 Å². The lowest BCUT2D eigenvalue weighted by Crippen LogP contribution is -2.44. The molecule has 1 aromatic carbocycles. The molecule has 0 aliphatic heterocycles. The van der Waals surface area contributed by atoms with Gasteiger partial charge in [0.15, 0.2) is 0 Å². The highest BCUT2D eigenvalue weighted by atomic mass is 16.4. The average molecular weight is 320 g/mol. The van der Waals surface area contributed by atoms with Crippen molar-refractivity contribution in [2.45, 2.75) is 46.2 Å². The first kappa shape index (κ1) is 19.2. The third kappa shape index (κ3) is 7.28. The Kier molecular flexibility index (Phi) is 7.75. The summed E-state index contributed by atoms with van der Waals surface area (Å²) < 4.78 is 0. The molecule has 0 heterocycles. The minimum atomic E-state index is -0.923. The van der Waals surface area contributed by atoms with Gasteiger partial charge in [0.1, 0.15) is 0 Å². The molecule has 0 saturated carbocycles. The molecule has 0 bridgehead atoms. The van der Waals surface area contributed by atoms with Gasteiger partial charge in [0, 0.05) is 6.04 Å². The number of hydrogen-bond donors (Lipinski definition) is 2. The third-order valence-electron chi connectivity index (χ3n) is 3.66. The van der Waals surface area contributed by atoms with Crippen LogP contribution in [0.5, 0.6) is 0 Å². The fourth-order valence-corrected chi connectivity index (χ4v) is 2.45. The Morgan fingerprint density at radius 2 is 1.70 bits per heavy atom. The Morgan fingerprint density at radius 1 is 1.09 bits per heavy atom. The van der Waals surface area contributed by atoms with Crippen LogP contribution in [0.15, 0.2) is 30.3 Å². The molecule has 0 fully saturated rings. The number of aliphatic carboxylic acids is 1. The number of hydrogen-bond acceptors (Lipinski definition) is 3. The molecule has 5 heteroatoms. The number of nitrogens with zero attached hydrogens (tertiary/aromatic N) is 1. The van der Waals surface area contributed by atoms with Gasteiger partial charge in [-0.3, -0.25) is 14.5 Å². The molecule has 0 radical (unpaired) electrons. The van der Waals surface area contributed by atoms with Gasteiger partial charge in [-0.2, -0.15) is 0 Å². The van der Waals surface area contributed by atoms with Crippen molar-refractivity contribution in [2.75, 3.05) is 13.1 Å². The van der Waals surface area contributed by atoms with Gasteiger partial charge in [0.2, 0.25) is 5.91 Å². The predicted octanol–water partition coefficient (Wildman–Crippen LogP) is 2.69. The summed E-state index contributed by atoms with van der Waals surface area (Å²) in [5.41, 5.74) is 1.07. The van der Waals surface area contributed by atoms with Crippen molar-refractivity contribution >= 4 is 11.9 Å². The molecular weight excluding hydrogens is 292 g/mol. The zero-order valence-corrected chi connectivity index (χ0v) is 14.5. The summed E-state index contributed by atoms with van der Waals surface area (Å²) in [5.74, 6) is -0.622. The van der Waals surface area contributed by atoms with E-state index in [9.17, 15) is 9.59 Å². The molecule has 1 atom stereocenters. The van der Waals surface area contributed by atoms with Crippen molar-refractivity contribution in [1.29, 1.82) is 0 Å². The van der Waals surface area contributed by atoms with Crippen LogP contribution in [0, 0.1) is 5.92 Å². The molecule has 0 aromatic heterocycles. The Balaban J connectivity index is 2.74. The number of nitrogens with one attached hydrogen (secondary N) is 1. The second kappa shape index (κ2) is 9.30. The van der Waals surface area contributed by atoms with E-state index in [1.807, 2.05) is 44.2 Å². The summed E-state index contributed by atoms with van der Waals surface area (Å²) in [6, 6.07) is 9.82. The maximum Gasteiger partial charge on any atom is 0.317 e. The van der Waals surface area contributed by atoms with E-state index in [1.54, 1.807) is 4.90 Å². The lowest BCUT2D eigenvalue weighted by molar-refractivity contribution is -0.139. The number of rotatable bonds is 9. The normalized spacial score (nSPS) is 12.7. The first-order chi connectivity index (χ1) is 10.8. The van der Waals surface area contributed by atoms with Gasteiger partial charge in [0.05, 0.1) is 19.1 Å². The Bertz CT molecular complexity index is 500. The van der Waals surface area contributed by atoms with Crippen LogP contribution in [0.25, 0.3) is 0 Å². The van der Waals surface area contributed by atoms with Gasteiger partial charge in [-0.1, -0.05) is 44.2 Å². The second-order valence-corrected chi connectivity index (χ2v) is 6.55. The van der Waals surface area contributed by atoms with Crippen LogP contribution in [0.3, 0.4) is 0 Å². The topological polar surface area (TPSA) is 69.6 Å². The van der Waals surface area contributed by atoms with Crippen molar-refractivity contribution in [1.82, 2.24) is 10.2 Å². The van der Waals surface area contributed by atoms with E-state index < -0.39 is 5.97 Å². The monoisotopic (exact) mass is 320 g/mol. The Hall–Kier alpha value is -1.88. The van der Waals surface area contributed by atoms with E-state index in [0.717, 1.165) is 12.0 Å². The van der Waals surface area contributed by atoms with Gasteiger partial charge < -0.3 is 10.4 Å². The highest BCUT2D eigenvalue weighted by Crippen LogP contribution is 2.21. The van der Waals surface area contributed by atoms with E-state index in [-0.39, 0.29) is 31.1 Å². The van der Waals surface area contributed by atoms with E-state index in [4.69, 9.17) is 5.11 Å².